The summed E-state index contributed by atoms with van der Waals surface area (Å²) in [6.45, 7) is 6.31. The number of rotatable bonds is 4. The van der Waals surface area contributed by atoms with Crippen molar-refractivity contribution in [1.29, 1.82) is 0 Å². The van der Waals surface area contributed by atoms with E-state index in [9.17, 15) is 4.79 Å². The highest BCUT2D eigenvalue weighted by molar-refractivity contribution is 9.10. The van der Waals surface area contributed by atoms with Gasteiger partial charge in [-0.3, -0.25) is 4.79 Å². The molecule has 1 aliphatic heterocycles. The molecule has 1 aromatic carbocycles. The van der Waals surface area contributed by atoms with Crippen molar-refractivity contribution in [2.45, 2.75) is 19.9 Å². The van der Waals surface area contributed by atoms with Gasteiger partial charge in [-0.25, -0.2) is 0 Å². The third-order valence-electron chi connectivity index (χ3n) is 3.28. The quantitative estimate of drug-likeness (QED) is 0.888. The Morgan fingerprint density at radius 2 is 2.26 bits per heavy atom. The lowest BCUT2D eigenvalue weighted by atomic mass is 10.2. The fourth-order valence-electron chi connectivity index (χ4n) is 2.16. The first-order chi connectivity index (χ1) is 9.20. The molecule has 0 spiro atoms. The number of halogens is 1. The van der Waals surface area contributed by atoms with Crippen LogP contribution in [0.1, 0.15) is 18.9 Å². The Morgan fingerprint density at radius 3 is 3.00 bits per heavy atom. The molecule has 2 N–H and O–H groups in total. The van der Waals surface area contributed by atoms with Gasteiger partial charge in [0.25, 0.3) is 0 Å². The molecule has 0 aliphatic carbocycles. The molecule has 0 saturated carbocycles. The molecule has 4 nitrogen and oxygen atoms in total. The molecule has 1 heterocycles. The normalized spacial score (nSPS) is 16.1. The second-order valence-corrected chi connectivity index (χ2v) is 5.50. The van der Waals surface area contributed by atoms with Crippen LogP contribution in [0.2, 0.25) is 0 Å². The average Bonchev–Trinajstić information content (AvgIpc) is 2.62. The fourth-order valence-corrected chi connectivity index (χ4v) is 2.67. The number of carbonyl (C=O) groups excluding carboxylic acids is 1. The molecule has 1 saturated heterocycles. The van der Waals surface area contributed by atoms with E-state index in [2.05, 4.69) is 56.6 Å². The predicted octanol–water partition coefficient (Wildman–Crippen LogP) is 1.88. The third-order valence-corrected chi connectivity index (χ3v) is 4.02. The minimum Gasteiger partial charge on any atom is -0.369 e. The van der Waals surface area contributed by atoms with Gasteiger partial charge in [-0.1, -0.05) is 28.9 Å². The zero-order chi connectivity index (χ0) is 13.7. The Morgan fingerprint density at radius 1 is 1.42 bits per heavy atom. The van der Waals surface area contributed by atoms with E-state index >= 15 is 0 Å². The minimum atomic E-state index is 0.144. The van der Waals surface area contributed by atoms with Gasteiger partial charge in [0, 0.05) is 42.8 Å². The Balaban J connectivity index is 2.08. The maximum Gasteiger partial charge on any atom is 0.221 e. The van der Waals surface area contributed by atoms with E-state index in [4.69, 9.17) is 0 Å². The van der Waals surface area contributed by atoms with E-state index in [0.29, 0.717) is 6.42 Å². The van der Waals surface area contributed by atoms with Crippen LogP contribution >= 0.6 is 15.9 Å². The zero-order valence-electron chi connectivity index (χ0n) is 11.2. The highest BCUT2D eigenvalue weighted by Crippen LogP contribution is 2.24. The van der Waals surface area contributed by atoms with Crippen LogP contribution in [0.25, 0.3) is 0 Å². The summed E-state index contributed by atoms with van der Waals surface area (Å²) in [6.07, 6.45) is 0.566. The van der Waals surface area contributed by atoms with Gasteiger partial charge in [0.15, 0.2) is 0 Å². The second kappa shape index (κ2) is 6.91. The maximum absolute atomic E-state index is 11.3. The number of nitrogens with zero attached hydrogens (tertiary/aromatic N) is 1. The number of hydrogen-bond acceptors (Lipinski definition) is 3. The molecular weight excluding hydrogens is 306 g/mol. The lowest BCUT2D eigenvalue weighted by Crippen LogP contribution is -2.28. The molecule has 19 heavy (non-hydrogen) atoms. The molecule has 0 bridgehead atoms. The number of carbonyl (C=O) groups is 1. The SMILES string of the molecule is CCNCc1ccc(N2CCNC(=O)CC2)cc1Br. The summed E-state index contributed by atoms with van der Waals surface area (Å²) < 4.78 is 1.12. The van der Waals surface area contributed by atoms with Crippen LogP contribution in [0.3, 0.4) is 0 Å². The first kappa shape index (κ1) is 14.3. The maximum atomic E-state index is 11.3. The average molecular weight is 326 g/mol. The Bertz CT molecular complexity index is 450. The summed E-state index contributed by atoms with van der Waals surface area (Å²) in [5.74, 6) is 0.144. The summed E-state index contributed by atoms with van der Waals surface area (Å²) in [5, 5.41) is 6.22. The van der Waals surface area contributed by atoms with Gasteiger partial charge in [-0.15, -0.1) is 0 Å². The number of amides is 1. The van der Waals surface area contributed by atoms with E-state index in [1.165, 1.54) is 11.3 Å². The van der Waals surface area contributed by atoms with Crippen LogP contribution in [-0.4, -0.2) is 32.1 Å². The van der Waals surface area contributed by atoms with E-state index in [-0.39, 0.29) is 5.91 Å². The van der Waals surface area contributed by atoms with Crippen LogP contribution < -0.4 is 15.5 Å². The molecule has 0 aromatic heterocycles. The molecule has 0 atom stereocenters. The summed E-state index contributed by atoms with van der Waals surface area (Å²) >= 11 is 3.63. The van der Waals surface area contributed by atoms with Crippen LogP contribution in [0.5, 0.6) is 0 Å². The highest BCUT2D eigenvalue weighted by atomic mass is 79.9. The molecule has 0 unspecified atom stereocenters. The van der Waals surface area contributed by atoms with Gasteiger partial charge < -0.3 is 15.5 Å². The molecule has 104 valence electrons. The smallest absolute Gasteiger partial charge is 0.221 e. The van der Waals surface area contributed by atoms with Gasteiger partial charge in [-0.2, -0.15) is 0 Å². The van der Waals surface area contributed by atoms with Crippen molar-refractivity contribution in [2.75, 3.05) is 31.1 Å². The van der Waals surface area contributed by atoms with Gasteiger partial charge >= 0.3 is 0 Å². The molecule has 1 fully saturated rings. The summed E-state index contributed by atoms with van der Waals surface area (Å²) in [4.78, 5) is 13.6. The molecule has 1 amide bonds. The van der Waals surface area contributed by atoms with Crippen molar-refractivity contribution in [2.24, 2.45) is 0 Å². The molecule has 0 radical (unpaired) electrons. The van der Waals surface area contributed by atoms with Crippen LogP contribution in [-0.2, 0) is 11.3 Å². The minimum absolute atomic E-state index is 0.144. The fraction of sp³-hybridized carbons (Fsp3) is 0.500. The molecule has 1 aromatic rings. The van der Waals surface area contributed by atoms with Crippen molar-refractivity contribution in [1.82, 2.24) is 10.6 Å². The summed E-state index contributed by atoms with van der Waals surface area (Å²) in [7, 11) is 0. The molecule has 5 heteroatoms. The van der Waals surface area contributed by atoms with Crippen molar-refractivity contribution in [3.05, 3.63) is 28.2 Å². The highest BCUT2D eigenvalue weighted by Gasteiger charge is 2.14. The van der Waals surface area contributed by atoms with Crippen LogP contribution in [0.15, 0.2) is 22.7 Å². The van der Waals surface area contributed by atoms with Crippen LogP contribution in [0.4, 0.5) is 5.69 Å². The molecule has 2 rings (SSSR count). The largest absolute Gasteiger partial charge is 0.369 e. The number of nitrogens with one attached hydrogen (secondary N) is 2. The van der Waals surface area contributed by atoms with E-state index in [1.807, 2.05) is 0 Å². The number of anilines is 1. The topological polar surface area (TPSA) is 44.4 Å². The third kappa shape index (κ3) is 3.94. The lowest BCUT2D eigenvalue weighted by Gasteiger charge is -2.22. The van der Waals surface area contributed by atoms with Gasteiger partial charge in [0.1, 0.15) is 0 Å². The Labute approximate surface area is 122 Å². The van der Waals surface area contributed by atoms with Gasteiger partial charge in [-0.05, 0) is 24.2 Å². The van der Waals surface area contributed by atoms with Crippen molar-refractivity contribution < 1.29 is 4.79 Å². The second-order valence-electron chi connectivity index (χ2n) is 4.64. The number of hydrogen-bond donors (Lipinski definition) is 2. The van der Waals surface area contributed by atoms with Crippen molar-refractivity contribution in [3.63, 3.8) is 0 Å². The standard InChI is InChI=1S/C14H20BrN3O/c1-2-16-10-11-3-4-12(9-13(11)15)18-7-5-14(19)17-6-8-18/h3-4,9,16H,2,5-8,10H2,1H3,(H,17,19). The summed E-state index contributed by atoms with van der Waals surface area (Å²) in [6, 6.07) is 6.41. The Hall–Kier alpha value is -1.07. The monoisotopic (exact) mass is 325 g/mol. The van der Waals surface area contributed by atoms with E-state index in [0.717, 1.165) is 37.2 Å². The van der Waals surface area contributed by atoms with E-state index in [1.54, 1.807) is 0 Å². The van der Waals surface area contributed by atoms with Gasteiger partial charge in [0.05, 0.1) is 0 Å². The summed E-state index contributed by atoms with van der Waals surface area (Å²) in [5.41, 5.74) is 2.43. The zero-order valence-corrected chi connectivity index (χ0v) is 12.8. The first-order valence-electron chi connectivity index (χ1n) is 6.71. The lowest BCUT2D eigenvalue weighted by molar-refractivity contribution is -0.120. The van der Waals surface area contributed by atoms with Gasteiger partial charge in [0.2, 0.25) is 5.91 Å². The first-order valence-corrected chi connectivity index (χ1v) is 7.51. The van der Waals surface area contributed by atoms with Crippen LogP contribution in [0, 0.1) is 0 Å². The number of benzene rings is 1. The molecule has 1 aliphatic rings. The molecular formula is C14H20BrN3O. The van der Waals surface area contributed by atoms with Crippen molar-refractivity contribution >= 4 is 27.5 Å². The van der Waals surface area contributed by atoms with Crippen molar-refractivity contribution in [3.8, 4) is 0 Å². The Kier molecular flexibility index (Phi) is 5.22. The predicted molar refractivity (Wildman–Crippen MR) is 81.4 cm³/mol. The van der Waals surface area contributed by atoms with E-state index < -0.39 is 0 Å².